The number of hydrogen-bond acceptors (Lipinski definition) is 3. The Balaban J connectivity index is 2.12. The molecule has 22 heavy (non-hydrogen) atoms. The Bertz CT molecular complexity index is 405. The van der Waals surface area contributed by atoms with Crippen LogP contribution in [0, 0.1) is 5.92 Å². The van der Waals surface area contributed by atoms with Gasteiger partial charge in [-0.15, -0.1) is 6.58 Å². The second kappa shape index (κ2) is 8.32. The summed E-state index contributed by atoms with van der Waals surface area (Å²) in [6.45, 7) is 4.95. The van der Waals surface area contributed by atoms with Gasteiger partial charge in [0.15, 0.2) is 0 Å². The van der Waals surface area contributed by atoms with E-state index in [9.17, 15) is 9.59 Å². The van der Waals surface area contributed by atoms with Crippen LogP contribution in [0.4, 0.5) is 0 Å². The number of carbonyl (C=O) groups excluding carboxylic acids is 2. The maximum absolute atomic E-state index is 12.5. The number of carbonyl (C=O) groups is 2. The Morgan fingerprint density at radius 1 is 1.23 bits per heavy atom. The average molecular weight is 307 g/mol. The smallest absolute Gasteiger partial charge is 0.237 e. The summed E-state index contributed by atoms with van der Waals surface area (Å²) in [7, 11) is 1.70. The molecular weight excluding hydrogens is 278 g/mol. The average Bonchev–Trinajstić information content (AvgIpc) is 3.03. The van der Waals surface area contributed by atoms with E-state index in [1.54, 1.807) is 13.1 Å². The van der Waals surface area contributed by atoms with Gasteiger partial charge < -0.3 is 10.6 Å². The first-order chi connectivity index (χ1) is 10.7. The molecule has 0 aromatic rings. The Kier molecular flexibility index (Phi) is 6.43. The van der Waals surface area contributed by atoms with Gasteiger partial charge in [-0.3, -0.25) is 14.5 Å². The van der Waals surface area contributed by atoms with Gasteiger partial charge in [0.1, 0.15) is 0 Å². The maximum Gasteiger partial charge on any atom is 0.237 e. The molecule has 0 spiro atoms. The summed E-state index contributed by atoms with van der Waals surface area (Å²) >= 11 is 0. The van der Waals surface area contributed by atoms with Crippen molar-refractivity contribution < 1.29 is 9.59 Å². The summed E-state index contributed by atoms with van der Waals surface area (Å²) in [5.74, 6) is 0.471. The minimum Gasteiger partial charge on any atom is -0.358 e. The summed E-state index contributed by atoms with van der Waals surface area (Å²) in [5, 5.41) is 5.70. The van der Waals surface area contributed by atoms with E-state index in [0.717, 1.165) is 32.2 Å². The van der Waals surface area contributed by atoms with Crippen LogP contribution >= 0.6 is 0 Å². The number of nitrogens with zero attached hydrogens (tertiary/aromatic N) is 1. The third-order valence-electron chi connectivity index (χ3n) is 4.99. The molecule has 1 aliphatic carbocycles. The van der Waals surface area contributed by atoms with Crippen LogP contribution < -0.4 is 10.6 Å². The molecule has 0 aromatic heterocycles. The van der Waals surface area contributed by atoms with Crippen molar-refractivity contribution in [3.8, 4) is 0 Å². The lowest BCUT2D eigenvalue weighted by atomic mass is 9.82. The molecule has 2 N–H and O–H groups in total. The van der Waals surface area contributed by atoms with Crippen molar-refractivity contribution in [3.63, 3.8) is 0 Å². The molecular formula is C17H29N3O2. The van der Waals surface area contributed by atoms with Crippen LogP contribution in [0.3, 0.4) is 0 Å². The van der Waals surface area contributed by atoms with Crippen LogP contribution in [-0.4, -0.2) is 48.9 Å². The zero-order valence-corrected chi connectivity index (χ0v) is 13.6. The van der Waals surface area contributed by atoms with Crippen LogP contribution in [0.15, 0.2) is 12.7 Å². The number of hydrogen-bond donors (Lipinski definition) is 2. The Labute approximate surface area is 133 Å². The van der Waals surface area contributed by atoms with Crippen LogP contribution in [0.1, 0.15) is 44.9 Å². The zero-order chi connectivity index (χ0) is 15.9. The quantitative estimate of drug-likeness (QED) is 0.730. The van der Waals surface area contributed by atoms with Crippen LogP contribution in [0.2, 0.25) is 0 Å². The summed E-state index contributed by atoms with van der Waals surface area (Å²) in [5.41, 5.74) is 0. The molecule has 0 bridgehead atoms. The molecule has 0 radical (unpaired) electrons. The van der Waals surface area contributed by atoms with Gasteiger partial charge in [0, 0.05) is 13.6 Å². The fraction of sp³-hybridized carbons (Fsp3) is 0.765. The van der Waals surface area contributed by atoms with Gasteiger partial charge in [0.2, 0.25) is 11.8 Å². The molecule has 2 aliphatic rings. The monoisotopic (exact) mass is 307 g/mol. The third kappa shape index (κ3) is 3.88. The summed E-state index contributed by atoms with van der Waals surface area (Å²) < 4.78 is 0. The third-order valence-corrected chi connectivity index (χ3v) is 4.99. The van der Waals surface area contributed by atoms with Crippen LogP contribution in [0.5, 0.6) is 0 Å². The SMILES string of the molecule is C=CCNC(=O)C1CCCN1C(C(=O)NC)C1CCCCC1. The Morgan fingerprint density at radius 3 is 2.59 bits per heavy atom. The topological polar surface area (TPSA) is 61.4 Å². The van der Waals surface area contributed by atoms with Gasteiger partial charge in [0.05, 0.1) is 12.1 Å². The maximum atomic E-state index is 12.5. The minimum atomic E-state index is -0.177. The summed E-state index contributed by atoms with van der Waals surface area (Å²) in [4.78, 5) is 27.0. The van der Waals surface area contributed by atoms with E-state index in [1.807, 2.05) is 0 Å². The molecule has 1 heterocycles. The van der Waals surface area contributed by atoms with E-state index in [0.29, 0.717) is 12.5 Å². The highest BCUT2D eigenvalue weighted by atomic mass is 16.2. The van der Waals surface area contributed by atoms with Gasteiger partial charge in [-0.25, -0.2) is 0 Å². The molecule has 124 valence electrons. The first-order valence-electron chi connectivity index (χ1n) is 8.55. The lowest BCUT2D eigenvalue weighted by molar-refractivity contribution is -0.133. The molecule has 2 atom stereocenters. The van der Waals surface area contributed by atoms with E-state index < -0.39 is 0 Å². The first kappa shape index (κ1) is 17.0. The van der Waals surface area contributed by atoms with Gasteiger partial charge in [-0.1, -0.05) is 25.3 Å². The van der Waals surface area contributed by atoms with Crippen LogP contribution in [0.25, 0.3) is 0 Å². The fourth-order valence-corrected chi connectivity index (χ4v) is 3.93. The highest BCUT2D eigenvalue weighted by Crippen LogP contribution is 2.32. The van der Waals surface area contributed by atoms with E-state index >= 15 is 0 Å². The summed E-state index contributed by atoms with van der Waals surface area (Å²) in [6, 6.07) is -0.337. The van der Waals surface area contributed by atoms with E-state index in [-0.39, 0.29) is 23.9 Å². The number of likely N-dealkylation sites (tertiary alicyclic amines) is 1. The highest BCUT2D eigenvalue weighted by molar-refractivity contribution is 5.85. The molecule has 2 rings (SSSR count). The van der Waals surface area contributed by atoms with Crippen molar-refractivity contribution in [1.82, 2.24) is 15.5 Å². The number of rotatable bonds is 6. The lowest BCUT2D eigenvalue weighted by Crippen LogP contribution is -2.56. The Hall–Kier alpha value is -1.36. The van der Waals surface area contributed by atoms with Gasteiger partial charge in [-0.2, -0.15) is 0 Å². The normalized spacial score (nSPS) is 24.7. The van der Waals surface area contributed by atoms with Crippen LogP contribution in [-0.2, 0) is 9.59 Å². The second-order valence-corrected chi connectivity index (χ2v) is 6.39. The Morgan fingerprint density at radius 2 is 1.95 bits per heavy atom. The fourth-order valence-electron chi connectivity index (χ4n) is 3.93. The first-order valence-corrected chi connectivity index (χ1v) is 8.55. The van der Waals surface area contributed by atoms with Gasteiger partial charge in [-0.05, 0) is 38.1 Å². The number of likely N-dealkylation sites (N-methyl/N-ethyl adjacent to an activating group) is 1. The van der Waals surface area contributed by atoms with Gasteiger partial charge in [0.25, 0.3) is 0 Å². The van der Waals surface area contributed by atoms with Gasteiger partial charge >= 0.3 is 0 Å². The summed E-state index contributed by atoms with van der Waals surface area (Å²) in [6.07, 6.45) is 9.34. The molecule has 0 aromatic carbocycles. The predicted molar refractivity (Wildman–Crippen MR) is 87.4 cm³/mol. The zero-order valence-electron chi connectivity index (χ0n) is 13.6. The van der Waals surface area contributed by atoms with Crippen molar-refractivity contribution in [3.05, 3.63) is 12.7 Å². The highest BCUT2D eigenvalue weighted by Gasteiger charge is 2.41. The van der Waals surface area contributed by atoms with Crippen molar-refractivity contribution >= 4 is 11.8 Å². The van der Waals surface area contributed by atoms with Crippen molar-refractivity contribution in [2.75, 3.05) is 20.1 Å². The molecule has 5 nitrogen and oxygen atoms in total. The number of amides is 2. The van der Waals surface area contributed by atoms with E-state index in [4.69, 9.17) is 0 Å². The molecule has 2 unspecified atom stereocenters. The van der Waals surface area contributed by atoms with Crippen molar-refractivity contribution in [2.45, 2.75) is 57.0 Å². The van der Waals surface area contributed by atoms with Crippen molar-refractivity contribution in [2.24, 2.45) is 5.92 Å². The van der Waals surface area contributed by atoms with E-state index in [2.05, 4.69) is 22.1 Å². The standard InChI is InChI=1S/C17H29N3O2/c1-3-11-19-16(21)14-10-7-12-20(14)15(17(22)18-2)13-8-5-4-6-9-13/h3,13-15H,1,4-12H2,2H3,(H,18,22)(H,19,21). The molecule has 2 fully saturated rings. The minimum absolute atomic E-state index is 0.0297. The molecule has 1 aliphatic heterocycles. The number of nitrogens with one attached hydrogen (secondary N) is 2. The van der Waals surface area contributed by atoms with E-state index in [1.165, 1.54) is 19.3 Å². The second-order valence-electron chi connectivity index (χ2n) is 6.39. The molecule has 2 amide bonds. The molecule has 1 saturated heterocycles. The largest absolute Gasteiger partial charge is 0.358 e. The van der Waals surface area contributed by atoms with Crippen molar-refractivity contribution in [1.29, 1.82) is 0 Å². The molecule has 1 saturated carbocycles. The predicted octanol–water partition coefficient (Wildman–Crippen LogP) is 1.45. The molecule has 5 heteroatoms. The lowest BCUT2D eigenvalue weighted by Gasteiger charge is -2.38.